The molecule has 0 spiro atoms. The highest BCUT2D eigenvalue weighted by Crippen LogP contribution is 2.47. The molecule has 2 aromatic rings. The van der Waals surface area contributed by atoms with E-state index in [4.69, 9.17) is 4.74 Å². The van der Waals surface area contributed by atoms with Gasteiger partial charge >= 0.3 is 0 Å². The largest absolute Gasteiger partial charge is 0.496 e. The minimum atomic E-state index is -0.377. The van der Waals surface area contributed by atoms with Gasteiger partial charge in [0.1, 0.15) is 5.75 Å². The normalized spacial score (nSPS) is 23.2. The molecule has 128 valence electrons. The highest BCUT2D eigenvalue weighted by Gasteiger charge is 2.52. The Hall–Kier alpha value is -2.62. The lowest BCUT2D eigenvalue weighted by Crippen LogP contribution is -2.33. The number of nitrogens with zero attached hydrogens (tertiary/aromatic N) is 1. The van der Waals surface area contributed by atoms with Crippen LogP contribution in [0.4, 0.5) is 0 Å². The van der Waals surface area contributed by atoms with E-state index in [1.807, 2.05) is 55.5 Å². The van der Waals surface area contributed by atoms with Crippen LogP contribution in [-0.2, 0) is 16.0 Å². The van der Waals surface area contributed by atoms with Crippen LogP contribution in [0, 0.1) is 5.92 Å². The molecule has 4 heteroatoms. The molecule has 0 aromatic heterocycles. The van der Waals surface area contributed by atoms with Crippen LogP contribution in [0.15, 0.2) is 48.5 Å². The zero-order valence-electron chi connectivity index (χ0n) is 14.4. The monoisotopic (exact) mass is 335 g/mol. The van der Waals surface area contributed by atoms with Crippen LogP contribution in [0.1, 0.15) is 42.0 Å². The number of likely N-dealkylation sites (tertiary alicyclic amines) is 1. The lowest BCUT2D eigenvalue weighted by atomic mass is 9.76. The molecule has 1 heterocycles. The highest BCUT2D eigenvalue weighted by molar-refractivity contribution is 6.08. The molecule has 0 saturated carbocycles. The number of hydrogen-bond donors (Lipinski definition) is 0. The van der Waals surface area contributed by atoms with E-state index in [0.717, 1.165) is 28.9 Å². The number of methoxy groups -OCH3 is 1. The van der Waals surface area contributed by atoms with Crippen molar-refractivity contribution in [1.29, 1.82) is 0 Å². The van der Waals surface area contributed by atoms with E-state index in [0.29, 0.717) is 6.42 Å². The molecule has 2 amide bonds. The van der Waals surface area contributed by atoms with E-state index in [1.54, 1.807) is 7.11 Å². The first-order chi connectivity index (χ1) is 12.1. The second-order valence-electron chi connectivity index (χ2n) is 6.78. The van der Waals surface area contributed by atoms with Crippen LogP contribution >= 0.6 is 0 Å². The maximum absolute atomic E-state index is 13.2. The van der Waals surface area contributed by atoms with Gasteiger partial charge in [0.2, 0.25) is 11.8 Å². The Morgan fingerprint density at radius 3 is 2.52 bits per heavy atom. The molecule has 1 aliphatic carbocycles. The molecule has 3 atom stereocenters. The Morgan fingerprint density at radius 2 is 1.80 bits per heavy atom. The number of imide groups is 1. The molecule has 0 N–H and O–H groups in total. The number of fused-ring (bicyclic) bond motifs is 3. The number of carbonyl (C=O) groups is 2. The van der Waals surface area contributed by atoms with Crippen LogP contribution in [0.2, 0.25) is 0 Å². The van der Waals surface area contributed by atoms with Crippen molar-refractivity contribution in [2.24, 2.45) is 5.92 Å². The first-order valence-corrected chi connectivity index (χ1v) is 8.71. The number of rotatable bonds is 3. The summed E-state index contributed by atoms with van der Waals surface area (Å²) in [5, 5.41) is 0. The molecular weight excluding hydrogens is 314 g/mol. The van der Waals surface area contributed by atoms with E-state index in [9.17, 15) is 9.59 Å². The third kappa shape index (κ3) is 2.36. The van der Waals surface area contributed by atoms with Gasteiger partial charge in [-0.05, 0) is 42.5 Å². The topological polar surface area (TPSA) is 46.6 Å². The lowest BCUT2D eigenvalue weighted by molar-refractivity contribution is -0.142. The fraction of sp³-hybridized carbons (Fsp3) is 0.333. The fourth-order valence-electron chi connectivity index (χ4n) is 4.29. The summed E-state index contributed by atoms with van der Waals surface area (Å²) in [6, 6.07) is 15.3. The Kier molecular flexibility index (Phi) is 3.83. The van der Waals surface area contributed by atoms with Crippen LogP contribution in [0.5, 0.6) is 5.75 Å². The van der Waals surface area contributed by atoms with Gasteiger partial charge in [0.25, 0.3) is 0 Å². The molecule has 25 heavy (non-hydrogen) atoms. The van der Waals surface area contributed by atoms with E-state index in [-0.39, 0.29) is 29.7 Å². The number of ether oxygens (including phenoxy) is 1. The second-order valence-corrected chi connectivity index (χ2v) is 6.78. The molecule has 1 fully saturated rings. The summed E-state index contributed by atoms with van der Waals surface area (Å²) in [6.45, 7) is 1.93. The Labute approximate surface area is 147 Å². The molecule has 0 radical (unpaired) electrons. The zero-order valence-corrected chi connectivity index (χ0v) is 14.4. The maximum Gasteiger partial charge on any atom is 0.238 e. The molecule has 0 bridgehead atoms. The van der Waals surface area contributed by atoms with E-state index in [2.05, 4.69) is 0 Å². The first kappa shape index (κ1) is 15.9. The minimum Gasteiger partial charge on any atom is -0.496 e. The summed E-state index contributed by atoms with van der Waals surface area (Å²) in [6.07, 6.45) is 1.47. The van der Waals surface area contributed by atoms with Crippen molar-refractivity contribution in [3.63, 3.8) is 0 Å². The summed E-state index contributed by atoms with van der Waals surface area (Å²) in [7, 11) is 1.65. The van der Waals surface area contributed by atoms with Crippen molar-refractivity contribution in [1.82, 2.24) is 4.90 Å². The molecule has 4 nitrogen and oxygen atoms in total. The van der Waals surface area contributed by atoms with E-state index < -0.39 is 0 Å². The van der Waals surface area contributed by atoms with Gasteiger partial charge in [0.15, 0.2) is 0 Å². The Morgan fingerprint density at radius 1 is 1.04 bits per heavy atom. The second kappa shape index (κ2) is 6.03. The smallest absolute Gasteiger partial charge is 0.238 e. The van der Waals surface area contributed by atoms with Gasteiger partial charge in [0, 0.05) is 0 Å². The van der Waals surface area contributed by atoms with Gasteiger partial charge in [-0.3, -0.25) is 14.5 Å². The number of carbonyl (C=O) groups excluding carboxylic acids is 2. The molecule has 1 saturated heterocycles. The first-order valence-electron chi connectivity index (χ1n) is 8.71. The van der Waals surface area contributed by atoms with Gasteiger partial charge in [-0.2, -0.15) is 0 Å². The zero-order chi connectivity index (χ0) is 17.6. The molecule has 4 rings (SSSR count). The lowest BCUT2D eigenvalue weighted by Gasteiger charge is -2.26. The van der Waals surface area contributed by atoms with Gasteiger partial charge in [-0.1, -0.05) is 42.5 Å². The summed E-state index contributed by atoms with van der Waals surface area (Å²) in [5.74, 6) is 0.0573. The molecule has 0 unspecified atom stereocenters. The average molecular weight is 335 g/mol. The van der Waals surface area contributed by atoms with Crippen molar-refractivity contribution in [3.8, 4) is 5.75 Å². The molecule has 1 aliphatic heterocycles. The summed E-state index contributed by atoms with van der Waals surface area (Å²) < 4.78 is 5.46. The summed E-state index contributed by atoms with van der Waals surface area (Å²) in [4.78, 5) is 27.7. The standard InChI is InChI=1S/C21H21NO3/c1-13(14-7-4-3-5-8-14)22-20(23)17-12-11-15-16(19(17)21(22)24)9-6-10-18(15)25-2/h3-10,13,17,19H,11-12H2,1-2H3/t13-,17-,19+/m0/s1. The van der Waals surface area contributed by atoms with Crippen molar-refractivity contribution < 1.29 is 14.3 Å². The van der Waals surface area contributed by atoms with Gasteiger partial charge in [-0.25, -0.2) is 0 Å². The van der Waals surface area contributed by atoms with Crippen LogP contribution in [0.3, 0.4) is 0 Å². The Bertz CT molecular complexity index is 830. The van der Waals surface area contributed by atoms with Crippen molar-refractivity contribution in [3.05, 3.63) is 65.2 Å². The van der Waals surface area contributed by atoms with E-state index in [1.165, 1.54) is 4.90 Å². The van der Waals surface area contributed by atoms with Gasteiger partial charge < -0.3 is 4.74 Å². The fourth-order valence-corrected chi connectivity index (χ4v) is 4.29. The molecule has 2 aromatic carbocycles. The number of benzene rings is 2. The van der Waals surface area contributed by atoms with Crippen molar-refractivity contribution in [2.45, 2.75) is 31.7 Å². The molecular formula is C21H21NO3. The van der Waals surface area contributed by atoms with Crippen molar-refractivity contribution >= 4 is 11.8 Å². The third-order valence-corrected chi connectivity index (χ3v) is 5.56. The Balaban J connectivity index is 1.74. The van der Waals surface area contributed by atoms with Gasteiger partial charge in [0.05, 0.1) is 25.0 Å². The quantitative estimate of drug-likeness (QED) is 0.807. The van der Waals surface area contributed by atoms with Crippen molar-refractivity contribution in [2.75, 3.05) is 7.11 Å². The van der Waals surface area contributed by atoms with E-state index >= 15 is 0 Å². The van der Waals surface area contributed by atoms with Crippen LogP contribution in [-0.4, -0.2) is 23.8 Å². The predicted octanol–water partition coefficient (Wildman–Crippen LogP) is 3.47. The van der Waals surface area contributed by atoms with Crippen LogP contribution in [0.25, 0.3) is 0 Å². The molecule has 2 aliphatic rings. The average Bonchev–Trinajstić information content (AvgIpc) is 2.92. The number of amides is 2. The third-order valence-electron chi connectivity index (χ3n) is 5.56. The summed E-state index contributed by atoms with van der Waals surface area (Å²) >= 11 is 0. The summed E-state index contributed by atoms with van der Waals surface area (Å²) in [5.41, 5.74) is 3.01. The SMILES string of the molecule is COc1cccc2c1CC[C@@H]1C(=O)N([C@@H](C)c3ccccc3)C(=O)[C@H]21. The van der Waals surface area contributed by atoms with Crippen LogP contribution < -0.4 is 4.74 Å². The number of hydrogen-bond acceptors (Lipinski definition) is 3. The van der Waals surface area contributed by atoms with Gasteiger partial charge in [-0.15, -0.1) is 0 Å². The maximum atomic E-state index is 13.2. The minimum absolute atomic E-state index is 0.0418. The predicted molar refractivity (Wildman–Crippen MR) is 94.3 cm³/mol. The highest BCUT2D eigenvalue weighted by atomic mass is 16.5.